The van der Waals surface area contributed by atoms with Crippen LogP contribution in [0.1, 0.15) is 49.2 Å². The van der Waals surface area contributed by atoms with Crippen molar-refractivity contribution in [1.82, 2.24) is 20.9 Å². The van der Waals surface area contributed by atoms with Crippen LogP contribution in [0.5, 0.6) is 5.75 Å². The quantitative estimate of drug-likeness (QED) is 0.234. The lowest BCUT2D eigenvalue weighted by molar-refractivity contribution is 0.0694. The van der Waals surface area contributed by atoms with E-state index in [1.807, 2.05) is 25.1 Å². The number of aliphatic imine (C=N–C) groups is 1. The summed E-state index contributed by atoms with van der Waals surface area (Å²) in [6.45, 7) is 7.88. The van der Waals surface area contributed by atoms with Crippen LogP contribution in [0.3, 0.4) is 0 Å². The number of rotatable bonds is 6. The average molecular weight is 523 g/mol. The van der Waals surface area contributed by atoms with Crippen molar-refractivity contribution >= 4 is 35.8 Å². The zero-order valence-corrected chi connectivity index (χ0v) is 20.0. The Balaban J connectivity index is 0.00000320. The van der Waals surface area contributed by atoms with Crippen molar-refractivity contribution in [3.8, 4) is 5.75 Å². The normalized spacial score (nSPS) is 17.0. The first kappa shape index (κ1) is 23.9. The molecule has 162 valence electrons. The number of aromatic nitrogens is 1. The van der Waals surface area contributed by atoms with E-state index in [1.54, 1.807) is 24.5 Å². The highest BCUT2D eigenvalue weighted by Crippen LogP contribution is 2.39. The minimum atomic E-state index is -0.263. The molecule has 0 saturated carbocycles. The Morgan fingerprint density at radius 1 is 1.23 bits per heavy atom. The molecule has 3 rings (SSSR count). The van der Waals surface area contributed by atoms with Crippen LogP contribution in [0.15, 0.2) is 53.8 Å². The molecule has 1 aliphatic rings. The molecule has 30 heavy (non-hydrogen) atoms. The minimum absolute atomic E-state index is 0. The largest absolute Gasteiger partial charge is 0.487 e. The van der Waals surface area contributed by atoms with E-state index in [0.717, 1.165) is 30.2 Å². The number of ether oxygens (including phenoxy) is 1. The number of fused-ring (bicyclic) bond motifs is 1. The Bertz CT molecular complexity index is 858. The zero-order valence-electron chi connectivity index (χ0n) is 17.6. The number of carbonyl (C=O) groups excluding carboxylic acids is 1. The third-order valence-electron chi connectivity index (χ3n) is 4.62. The van der Waals surface area contributed by atoms with E-state index in [4.69, 9.17) is 4.74 Å². The summed E-state index contributed by atoms with van der Waals surface area (Å²) in [5, 5.41) is 9.68. The van der Waals surface area contributed by atoms with Crippen molar-refractivity contribution in [1.29, 1.82) is 0 Å². The summed E-state index contributed by atoms with van der Waals surface area (Å²) < 4.78 is 6.11. The first-order valence-corrected chi connectivity index (χ1v) is 9.99. The fourth-order valence-corrected chi connectivity index (χ4v) is 3.35. The molecule has 8 heteroatoms. The van der Waals surface area contributed by atoms with Crippen LogP contribution in [-0.2, 0) is 0 Å². The van der Waals surface area contributed by atoms with E-state index in [1.165, 1.54) is 0 Å². The standard InChI is InChI=1S/C22H29N5O2.HI/c1-4-24-21(26-13-12-25-20(28)16-8-7-11-23-15-16)27-18-14-22(2,3)29-19-10-6-5-9-17(18)19;/h5-11,15,18H,4,12-14H2,1-3H3,(H,25,28)(H2,24,26,27);1H. The number of pyridine rings is 1. The Morgan fingerprint density at radius 2 is 2.03 bits per heavy atom. The monoisotopic (exact) mass is 523 g/mol. The van der Waals surface area contributed by atoms with E-state index >= 15 is 0 Å². The van der Waals surface area contributed by atoms with Crippen molar-refractivity contribution in [2.24, 2.45) is 4.99 Å². The van der Waals surface area contributed by atoms with Gasteiger partial charge in [-0.25, -0.2) is 0 Å². The van der Waals surface area contributed by atoms with Gasteiger partial charge in [-0.2, -0.15) is 0 Å². The SMILES string of the molecule is CCNC(=NCCNC(=O)c1cccnc1)NC1CC(C)(C)Oc2ccccc21.I. The first-order chi connectivity index (χ1) is 14.0. The number of nitrogens with zero attached hydrogens (tertiary/aromatic N) is 2. The number of hydrogen-bond acceptors (Lipinski definition) is 4. The molecule has 3 N–H and O–H groups in total. The van der Waals surface area contributed by atoms with Gasteiger partial charge in [-0.3, -0.25) is 14.8 Å². The Morgan fingerprint density at radius 3 is 2.77 bits per heavy atom. The van der Waals surface area contributed by atoms with Crippen LogP contribution < -0.4 is 20.7 Å². The van der Waals surface area contributed by atoms with Crippen molar-refractivity contribution in [2.75, 3.05) is 19.6 Å². The summed E-state index contributed by atoms with van der Waals surface area (Å²) in [6.07, 6.45) is 4.02. The fourth-order valence-electron chi connectivity index (χ4n) is 3.35. The van der Waals surface area contributed by atoms with E-state index in [-0.39, 0.29) is 41.5 Å². The summed E-state index contributed by atoms with van der Waals surface area (Å²) in [5.74, 6) is 1.48. The average Bonchev–Trinajstić information content (AvgIpc) is 2.71. The zero-order chi connectivity index (χ0) is 20.7. The summed E-state index contributed by atoms with van der Waals surface area (Å²) in [5.41, 5.74) is 1.41. The van der Waals surface area contributed by atoms with Crippen LogP contribution in [0, 0.1) is 0 Å². The Kier molecular flexibility index (Phi) is 8.88. The lowest BCUT2D eigenvalue weighted by atomic mass is 9.90. The number of guanidine groups is 1. The van der Waals surface area contributed by atoms with Crippen LogP contribution in [0.25, 0.3) is 0 Å². The molecule has 0 saturated heterocycles. The van der Waals surface area contributed by atoms with Crippen molar-refractivity contribution < 1.29 is 9.53 Å². The highest BCUT2D eigenvalue weighted by molar-refractivity contribution is 14.0. The molecule has 0 aliphatic carbocycles. The summed E-state index contributed by atoms with van der Waals surface area (Å²) >= 11 is 0. The first-order valence-electron chi connectivity index (χ1n) is 9.99. The molecule has 2 heterocycles. The molecule has 7 nitrogen and oxygen atoms in total. The van der Waals surface area contributed by atoms with Crippen molar-refractivity contribution in [3.05, 3.63) is 59.9 Å². The molecule has 1 atom stereocenters. The second-order valence-corrected chi connectivity index (χ2v) is 7.56. The lowest BCUT2D eigenvalue weighted by Gasteiger charge is -2.38. The summed E-state index contributed by atoms with van der Waals surface area (Å²) in [6, 6.07) is 11.7. The van der Waals surface area contributed by atoms with Gasteiger partial charge in [0.2, 0.25) is 0 Å². The third kappa shape index (κ3) is 6.58. The van der Waals surface area contributed by atoms with Gasteiger partial charge < -0.3 is 20.7 Å². The second kappa shape index (κ2) is 11.1. The number of benzene rings is 1. The molecule has 2 aromatic rings. The number of para-hydroxylation sites is 1. The maximum absolute atomic E-state index is 12.1. The molecule has 1 aromatic carbocycles. The fraction of sp³-hybridized carbons (Fsp3) is 0.409. The predicted molar refractivity (Wildman–Crippen MR) is 130 cm³/mol. The molecule has 1 amide bonds. The number of carbonyl (C=O) groups is 1. The number of hydrogen-bond donors (Lipinski definition) is 3. The van der Waals surface area contributed by atoms with Gasteiger partial charge in [-0.15, -0.1) is 24.0 Å². The molecule has 1 unspecified atom stereocenters. The molecular weight excluding hydrogens is 493 g/mol. The van der Waals surface area contributed by atoms with E-state index in [2.05, 4.69) is 45.8 Å². The molecule has 0 bridgehead atoms. The van der Waals surface area contributed by atoms with Gasteiger partial charge in [0.15, 0.2) is 5.96 Å². The van der Waals surface area contributed by atoms with Crippen LogP contribution >= 0.6 is 24.0 Å². The van der Waals surface area contributed by atoms with Gasteiger partial charge in [-0.1, -0.05) is 18.2 Å². The van der Waals surface area contributed by atoms with E-state index < -0.39 is 0 Å². The highest BCUT2D eigenvalue weighted by Gasteiger charge is 2.33. The van der Waals surface area contributed by atoms with Crippen molar-refractivity contribution in [3.63, 3.8) is 0 Å². The number of nitrogens with one attached hydrogen (secondary N) is 3. The van der Waals surface area contributed by atoms with E-state index in [9.17, 15) is 4.79 Å². The minimum Gasteiger partial charge on any atom is -0.487 e. The topological polar surface area (TPSA) is 87.6 Å². The van der Waals surface area contributed by atoms with Gasteiger partial charge in [0, 0.05) is 37.5 Å². The second-order valence-electron chi connectivity index (χ2n) is 7.56. The third-order valence-corrected chi connectivity index (χ3v) is 4.62. The van der Waals surface area contributed by atoms with Crippen LogP contribution in [0.4, 0.5) is 0 Å². The van der Waals surface area contributed by atoms with Crippen molar-refractivity contribution in [2.45, 2.75) is 38.8 Å². The molecular formula is C22H30IN5O2. The summed E-state index contributed by atoms with van der Waals surface area (Å²) in [7, 11) is 0. The maximum atomic E-state index is 12.1. The van der Waals surface area contributed by atoms with Crippen LogP contribution in [-0.4, -0.2) is 42.1 Å². The van der Waals surface area contributed by atoms with Gasteiger partial charge in [0.05, 0.1) is 18.2 Å². The molecule has 0 radical (unpaired) electrons. The molecule has 1 aliphatic heterocycles. The van der Waals surface area contributed by atoms with Gasteiger partial charge in [-0.05, 0) is 39.0 Å². The van der Waals surface area contributed by atoms with Gasteiger partial charge in [0.25, 0.3) is 5.91 Å². The number of amides is 1. The van der Waals surface area contributed by atoms with Gasteiger partial charge >= 0.3 is 0 Å². The Hall–Kier alpha value is -2.36. The predicted octanol–water partition coefficient (Wildman–Crippen LogP) is 3.29. The molecule has 1 aromatic heterocycles. The Labute approximate surface area is 195 Å². The number of halogens is 1. The summed E-state index contributed by atoms with van der Waals surface area (Å²) in [4.78, 5) is 20.7. The van der Waals surface area contributed by atoms with Gasteiger partial charge in [0.1, 0.15) is 11.4 Å². The van der Waals surface area contributed by atoms with Crippen LogP contribution in [0.2, 0.25) is 0 Å². The highest BCUT2D eigenvalue weighted by atomic mass is 127. The lowest BCUT2D eigenvalue weighted by Crippen LogP contribution is -2.45. The molecule has 0 fully saturated rings. The molecule has 0 spiro atoms. The smallest absolute Gasteiger partial charge is 0.252 e. The van der Waals surface area contributed by atoms with E-state index in [0.29, 0.717) is 18.7 Å². The maximum Gasteiger partial charge on any atom is 0.252 e.